The quantitative estimate of drug-likeness (QED) is 0.227. The molecule has 0 spiro atoms. The Balaban J connectivity index is 2.06. The number of aliphatic hydroxyl groups is 2. The summed E-state index contributed by atoms with van der Waals surface area (Å²) >= 11 is 0. The van der Waals surface area contributed by atoms with E-state index in [1.54, 1.807) is 12.1 Å². The summed E-state index contributed by atoms with van der Waals surface area (Å²) < 4.78 is 0. The molecule has 0 saturated heterocycles. The monoisotopic (exact) mass is 398 g/mol. The second kappa shape index (κ2) is 5.71. The van der Waals surface area contributed by atoms with Gasteiger partial charge in [0.1, 0.15) is 22.8 Å². The third kappa shape index (κ3) is 2.16. The summed E-state index contributed by atoms with van der Waals surface area (Å²) in [5.41, 5.74) is 7.37. The normalized spacial score (nSPS) is 26.4. The molecule has 9 heteroatoms. The van der Waals surface area contributed by atoms with Crippen molar-refractivity contribution >= 4 is 33.9 Å². The van der Waals surface area contributed by atoms with E-state index in [2.05, 4.69) is 0 Å². The number of ketones is 2. The van der Waals surface area contributed by atoms with Crippen LogP contribution in [0.1, 0.15) is 22.8 Å². The van der Waals surface area contributed by atoms with Crippen molar-refractivity contribution < 1.29 is 34.8 Å². The first-order valence-corrected chi connectivity index (χ1v) is 8.82. The van der Waals surface area contributed by atoms with Crippen LogP contribution in [0.3, 0.4) is 0 Å². The minimum atomic E-state index is -2.62. The molecule has 2 aliphatic carbocycles. The second-order valence-corrected chi connectivity index (χ2v) is 7.51. The van der Waals surface area contributed by atoms with Crippen LogP contribution in [-0.4, -0.2) is 43.5 Å². The van der Waals surface area contributed by atoms with Gasteiger partial charge in [-0.1, -0.05) is 19.1 Å². The van der Waals surface area contributed by atoms with E-state index >= 15 is 0 Å². The maximum absolute atomic E-state index is 13.3. The van der Waals surface area contributed by atoms with Gasteiger partial charge < -0.3 is 31.9 Å². The van der Waals surface area contributed by atoms with Crippen LogP contribution in [0.2, 0.25) is 0 Å². The summed E-state index contributed by atoms with van der Waals surface area (Å²) in [4.78, 5) is 37.5. The Morgan fingerprint density at radius 3 is 2.45 bits per heavy atom. The van der Waals surface area contributed by atoms with E-state index in [1.165, 1.54) is 13.0 Å². The molecule has 0 aliphatic heterocycles. The number of primary amides is 1. The highest BCUT2D eigenvalue weighted by molar-refractivity contribution is 6.23. The van der Waals surface area contributed by atoms with Gasteiger partial charge in [0.2, 0.25) is 5.78 Å². The standard InChI is InChI=1S/C20H18N2O7/c1-6-9-5-8-4-7-2-3-10(21)15(24)11(7)16(25)12(8)17(26)20(9,29)18(27)13(14(6)23)19(22)28/h2-4,6,9,24-25,27,29H,5,21H2,1H3,(H2,22,28)/t6-,9?,20+/m1/s1. The lowest BCUT2D eigenvalue weighted by molar-refractivity contribution is -0.130. The fourth-order valence-corrected chi connectivity index (χ4v) is 4.46. The number of Topliss-reactive ketones (excluding diaryl/α,β-unsaturated/α-hetero) is 2. The average molecular weight is 398 g/mol. The van der Waals surface area contributed by atoms with Crippen LogP contribution in [0, 0.1) is 11.8 Å². The zero-order valence-electron chi connectivity index (χ0n) is 15.3. The van der Waals surface area contributed by atoms with Crippen LogP contribution in [0.15, 0.2) is 29.5 Å². The summed E-state index contributed by atoms with van der Waals surface area (Å²) in [6.45, 7) is 1.43. The molecule has 0 saturated carbocycles. The molecule has 2 aromatic carbocycles. The third-order valence-corrected chi connectivity index (χ3v) is 6.02. The molecule has 0 bridgehead atoms. The molecule has 1 unspecified atom stereocenters. The smallest absolute Gasteiger partial charge is 0.255 e. The number of amides is 1. The van der Waals surface area contributed by atoms with E-state index in [4.69, 9.17) is 11.5 Å². The number of aliphatic hydroxyl groups excluding tert-OH is 1. The number of carbonyl (C=O) groups is 3. The Kier molecular flexibility index (Phi) is 3.69. The molecule has 150 valence electrons. The van der Waals surface area contributed by atoms with Crippen molar-refractivity contribution in [1.82, 2.24) is 0 Å². The van der Waals surface area contributed by atoms with E-state index in [-0.39, 0.29) is 23.1 Å². The Labute approximate surface area is 163 Å². The number of phenolic OH excluding ortho intramolecular Hbond substituents is 2. The zero-order chi connectivity index (χ0) is 21.4. The highest BCUT2D eigenvalue weighted by atomic mass is 16.3. The van der Waals surface area contributed by atoms with Gasteiger partial charge in [0.05, 0.1) is 16.6 Å². The van der Waals surface area contributed by atoms with Crippen molar-refractivity contribution in [3.63, 3.8) is 0 Å². The predicted octanol–water partition coefficient (Wildman–Crippen LogP) is 0.435. The largest absolute Gasteiger partial charge is 0.508 e. The molecule has 2 aliphatic rings. The van der Waals surface area contributed by atoms with Gasteiger partial charge in [-0.2, -0.15) is 0 Å². The number of aromatic hydroxyl groups is 2. The molecule has 29 heavy (non-hydrogen) atoms. The lowest BCUT2D eigenvalue weighted by atomic mass is 9.60. The summed E-state index contributed by atoms with van der Waals surface area (Å²) in [6, 6.07) is 4.53. The first kappa shape index (κ1) is 18.8. The molecule has 8 N–H and O–H groups in total. The molecule has 0 radical (unpaired) electrons. The molecular weight excluding hydrogens is 380 g/mol. The van der Waals surface area contributed by atoms with E-state index in [1.807, 2.05) is 0 Å². The molecule has 0 aromatic heterocycles. The van der Waals surface area contributed by atoms with E-state index < -0.39 is 57.7 Å². The number of nitrogens with two attached hydrogens (primary N) is 2. The van der Waals surface area contributed by atoms with Gasteiger partial charge in [-0.25, -0.2) is 0 Å². The van der Waals surface area contributed by atoms with Gasteiger partial charge >= 0.3 is 0 Å². The maximum Gasteiger partial charge on any atom is 0.255 e. The van der Waals surface area contributed by atoms with Crippen LogP contribution in [-0.2, 0) is 16.0 Å². The van der Waals surface area contributed by atoms with Crippen LogP contribution < -0.4 is 11.5 Å². The maximum atomic E-state index is 13.3. The average Bonchev–Trinajstić information content (AvgIpc) is 2.65. The highest BCUT2D eigenvalue weighted by Gasteiger charge is 2.60. The predicted molar refractivity (Wildman–Crippen MR) is 101 cm³/mol. The topological polar surface area (TPSA) is 184 Å². The molecule has 3 atom stereocenters. The number of hydrogen-bond acceptors (Lipinski definition) is 8. The van der Waals surface area contributed by atoms with Crippen molar-refractivity contribution in [2.45, 2.75) is 18.9 Å². The molecule has 9 nitrogen and oxygen atoms in total. The van der Waals surface area contributed by atoms with Crippen molar-refractivity contribution in [3.8, 4) is 11.5 Å². The molecule has 0 heterocycles. The first-order chi connectivity index (χ1) is 13.5. The Hall–Kier alpha value is -3.59. The van der Waals surface area contributed by atoms with Crippen molar-refractivity contribution in [3.05, 3.63) is 40.7 Å². The lowest BCUT2D eigenvalue weighted by Crippen LogP contribution is -2.59. The van der Waals surface area contributed by atoms with Crippen LogP contribution in [0.4, 0.5) is 5.69 Å². The summed E-state index contributed by atoms with van der Waals surface area (Å²) in [5, 5.41) is 43.0. The minimum Gasteiger partial charge on any atom is -0.508 e. The summed E-state index contributed by atoms with van der Waals surface area (Å²) in [6.07, 6.45) is -0.0464. The molecule has 2 aromatic rings. The fourth-order valence-electron chi connectivity index (χ4n) is 4.46. The number of hydrogen-bond donors (Lipinski definition) is 6. The third-order valence-electron chi connectivity index (χ3n) is 6.02. The van der Waals surface area contributed by atoms with Gasteiger partial charge in [-0.15, -0.1) is 0 Å². The number of rotatable bonds is 1. The van der Waals surface area contributed by atoms with Gasteiger partial charge in [-0.05, 0) is 23.4 Å². The molecule has 0 fully saturated rings. The first-order valence-electron chi connectivity index (χ1n) is 8.82. The Bertz CT molecular complexity index is 1180. The molecule has 4 rings (SSSR count). The summed E-state index contributed by atoms with van der Waals surface area (Å²) in [7, 11) is 0. The number of phenols is 2. The van der Waals surface area contributed by atoms with Gasteiger partial charge in [0.15, 0.2) is 11.4 Å². The van der Waals surface area contributed by atoms with E-state index in [0.717, 1.165) is 0 Å². The van der Waals surface area contributed by atoms with Crippen LogP contribution in [0.25, 0.3) is 10.8 Å². The lowest BCUT2D eigenvalue weighted by Gasteiger charge is -2.44. The highest BCUT2D eigenvalue weighted by Crippen LogP contribution is 2.50. The minimum absolute atomic E-state index is 0.0248. The SMILES string of the molecule is C[C@H]1C(=O)C(C(N)=O)=C(O)[C@@]2(O)C(=O)c3c(cc4ccc(N)c(O)c4c3O)CC12. The van der Waals surface area contributed by atoms with Crippen molar-refractivity contribution in [2.24, 2.45) is 17.6 Å². The summed E-state index contributed by atoms with van der Waals surface area (Å²) in [5.74, 6) is -7.36. The van der Waals surface area contributed by atoms with E-state index in [0.29, 0.717) is 10.9 Å². The number of fused-ring (bicyclic) bond motifs is 3. The van der Waals surface area contributed by atoms with Gasteiger partial charge in [-0.3, -0.25) is 14.4 Å². The number of carbonyl (C=O) groups excluding carboxylic acids is 3. The second-order valence-electron chi connectivity index (χ2n) is 7.51. The number of anilines is 1. The van der Waals surface area contributed by atoms with Crippen molar-refractivity contribution in [2.75, 3.05) is 5.73 Å². The molecule has 1 amide bonds. The number of nitrogen functional groups attached to an aromatic ring is 1. The fraction of sp³-hybridized carbons (Fsp3) is 0.250. The van der Waals surface area contributed by atoms with Crippen molar-refractivity contribution in [1.29, 1.82) is 0 Å². The number of benzene rings is 2. The Morgan fingerprint density at radius 1 is 1.17 bits per heavy atom. The van der Waals surface area contributed by atoms with Gasteiger partial charge in [0.25, 0.3) is 5.91 Å². The Morgan fingerprint density at radius 2 is 1.83 bits per heavy atom. The zero-order valence-corrected chi connectivity index (χ0v) is 15.3. The van der Waals surface area contributed by atoms with Crippen LogP contribution in [0.5, 0.6) is 11.5 Å². The van der Waals surface area contributed by atoms with E-state index in [9.17, 15) is 34.8 Å². The van der Waals surface area contributed by atoms with Crippen LogP contribution >= 0.6 is 0 Å². The molecular formula is C20H18N2O7. The van der Waals surface area contributed by atoms with Gasteiger partial charge in [0, 0.05) is 11.8 Å².